The summed E-state index contributed by atoms with van der Waals surface area (Å²) in [4.78, 5) is 2.31. The number of likely N-dealkylation sites (N-methyl/N-ethyl adjacent to an activating group) is 1. The van der Waals surface area contributed by atoms with Crippen LogP contribution in [0, 0.1) is 0 Å². The molecule has 0 amide bonds. The van der Waals surface area contributed by atoms with Gasteiger partial charge in [-0.2, -0.15) is 5.10 Å². The molecule has 0 aromatic carbocycles. The van der Waals surface area contributed by atoms with Gasteiger partial charge in [-0.1, -0.05) is 6.08 Å². The van der Waals surface area contributed by atoms with E-state index in [4.69, 9.17) is 0 Å². The lowest BCUT2D eigenvalue weighted by atomic mass is 10.0. The van der Waals surface area contributed by atoms with Crippen LogP contribution in [0.15, 0.2) is 18.5 Å². The highest BCUT2D eigenvalue weighted by Gasteiger charge is 2.09. The Hall–Kier alpha value is -1.09. The Labute approximate surface area is 72.1 Å². The summed E-state index contributed by atoms with van der Waals surface area (Å²) < 4.78 is 0. The molecule has 0 atom stereocenters. The molecule has 1 N–H and O–H groups in total. The second-order valence-electron chi connectivity index (χ2n) is 3.23. The number of hydrogen-bond donors (Lipinski definition) is 1. The zero-order valence-corrected chi connectivity index (χ0v) is 7.25. The summed E-state index contributed by atoms with van der Waals surface area (Å²) >= 11 is 0. The first kappa shape index (κ1) is 7.55. The molecule has 2 rings (SSSR count). The zero-order chi connectivity index (χ0) is 8.39. The molecule has 0 fully saturated rings. The van der Waals surface area contributed by atoms with Crippen molar-refractivity contribution >= 4 is 5.57 Å². The summed E-state index contributed by atoms with van der Waals surface area (Å²) in [6.45, 7) is 2.21. The minimum absolute atomic E-state index is 1.06. The number of nitrogens with one attached hydrogen (secondary N) is 1. The summed E-state index contributed by atoms with van der Waals surface area (Å²) in [5, 5.41) is 6.77. The highest BCUT2D eigenvalue weighted by molar-refractivity contribution is 5.65. The number of rotatable bonds is 1. The van der Waals surface area contributed by atoms with Crippen molar-refractivity contribution in [1.82, 2.24) is 15.1 Å². The topological polar surface area (TPSA) is 31.9 Å². The van der Waals surface area contributed by atoms with Crippen molar-refractivity contribution in [3.8, 4) is 0 Å². The SMILES string of the molecule is CN1CC=C(c2cn[nH]c2)CC1. The van der Waals surface area contributed by atoms with E-state index in [1.54, 1.807) is 0 Å². The Morgan fingerprint density at radius 3 is 3.08 bits per heavy atom. The van der Waals surface area contributed by atoms with Crippen molar-refractivity contribution < 1.29 is 0 Å². The maximum absolute atomic E-state index is 3.94. The van der Waals surface area contributed by atoms with Gasteiger partial charge in [0.1, 0.15) is 0 Å². The van der Waals surface area contributed by atoms with Crippen molar-refractivity contribution in [3.63, 3.8) is 0 Å². The Balaban J connectivity index is 2.16. The largest absolute Gasteiger partial charge is 0.302 e. The van der Waals surface area contributed by atoms with E-state index in [0.29, 0.717) is 0 Å². The minimum atomic E-state index is 1.06. The standard InChI is InChI=1S/C9H13N3/c1-12-4-2-8(3-5-12)9-6-10-11-7-9/h2,6-7H,3-5H2,1H3,(H,10,11). The molecule has 2 heterocycles. The molecule has 1 aromatic rings. The Morgan fingerprint density at radius 2 is 2.50 bits per heavy atom. The average molecular weight is 163 g/mol. The van der Waals surface area contributed by atoms with Crippen molar-refractivity contribution in [2.75, 3.05) is 20.1 Å². The van der Waals surface area contributed by atoms with Crippen LogP contribution in [0.4, 0.5) is 0 Å². The van der Waals surface area contributed by atoms with Gasteiger partial charge in [0.05, 0.1) is 6.20 Å². The lowest BCUT2D eigenvalue weighted by Crippen LogP contribution is -2.23. The summed E-state index contributed by atoms with van der Waals surface area (Å²) in [7, 11) is 2.14. The molecule has 3 nitrogen and oxygen atoms in total. The molecule has 0 unspecified atom stereocenters. The van der Waals surface area contributed by atoms with E-state index in [-0.39, 0.29) is 0 Å². The number of H-pyrrole nitrogens is 1. The van der Waals surface area contributed by atoms with Crippen LogP contribution < -0.4 is 0 Å². The summed E-state index contributed by atoms with van der Waals surface area (Å²) in [6, 6.07) is 0. The minimum Gasteiger partial charge on any atom is -0.302 e. The smallest absolute Gasteiger partial charge is 0.0562 e. The monoisotopic (exact) mass is 163 g/mol. The van der Waals surface area contributed by atoms with Gasteiger partial charge in [0.25, 0.3) is 0 Å². The van der Waals surface area contributed by atoms with Gasteiger partial charge < -0.3 is 4.90 Å². The Kier molecular flexibility index (Phi) is 1.96. The van der Waals surface area contributed by atoms with Gasteiger partial charge in [-0.05, 0) is 19.0 Å². The predicted octanol–water partition coefficient (Wildman–Crippen LogP) is 1.13. The average Bonchev–Trinajstić information content (AvgIpc) is 2.58. The van der Waals surface area contributed by atoms with Crippen LogP contribution in [-0.2, 0) is 0 Å². The summed E-state index contributed by atoms with van der Waals surface area (Å²) in [5.74, 6) is 0. The van der Waals surface area contributed by atoms with Gasteiger partial charge in [0.2, 0.25) is 0 Å². The summed E-state index contributed by atoms with van der Waals surface area (Å²) in [6.07, 6.45) is 7.25. The van der Waals surface area contributed by atoms with E-state index >= 15 is 0 Å². The van der Waals surface area contributed by atoms with Gasteiger partial charge in [-0.25, -0.2) is 0 Å². The van der Waals surface area contributed by atoms with E-state index in [2.05, 4.69) is 28.2 Å². The van der Waals surface area contributed by atoms with E-state index in [0.717, 1.165) is 19.5 Å². The van der Waals surface area contributed by atoms with Crippen LogP contribution in [0.5, 0.6) is 0 Å². The van der Waals surface area contributed by atoms with Crippen molar-refractivity contribution in [3.05, 3.63) is 24.0 Å². The highest BCUT2D eigenvalue weighted by Crippen LogP contribution is 2.19. The van der Waals surface area contributed by atoms with Crippen LogP contribution in [0.3, 0.4) is 0 Å². The van der Waals surface area contributed by atoms with Crippen LogP contribution >= 0.6 is 0 Å². The fourth-order valence-corrected chi connectivity index (χ4v) is 1.46. The first-order chi connectivity index (χ1) is 5.86. The second-order valence-corrected chi connectivity index (χ2v) is 3.23. The number of nitrogens with zero attached hydrogens (tertiary/aromatic N) is 2. The van der Waals surface area contributed by atoms with Gasteiger partial charge >= 0.3 is 0 Å². The molecule has 1 aliphatic rings. The maximum Gasteiger partial charge on any atom is 0.0562 e. The molecule has 64 valence electrons. The molecule has 1 aromatic heterocycles. The Morgan fingerprint density at radius 1 is 1.58 bits per heavy atom. The molecule has 0 radical (unpaired) electrons. The van der Waals surface area contributed by atoms with Crippen molar-refractivity contribution in [2.24, 2.45) is 0 Å². The molecule has 0 saturated heterocycles. The second kappa shape index (κ2) is 3.11. The first-order valence-corrected chi connectivity index (χ1v) is 4.23. The van der Waals surface area contributed by atoms with E-state index in [9.17, 15) is 0 Å². The van der Waals surface area contributed by atoms with Gasteiger partial charge in [-0.15, -0.1) is 0 Å². The molecule has 0 saturated carbocycles. The first-order valence-electron chi connectivity index (χ1n) is 4.23. The van der Waals surface area contributed by atoms with Crippen LogP contribution in [0.1, 0.15) is 12.0 Å². The summed E-state index contributed by atoms with van der Waals surface area (Å²) in [5.41, 5.74) is 2.66. The third-order valence-corrected chi connectivity index (χ3v) is 2.28. The molecular formula is C9H13N3. The third kappa shape index (κ3) is 1.41. The zero-order valence-electron chi connectivity index (χ0n) is 7.25. The van der Waals surface area contributed by atoms with Crippen LogP contribution in [-0.4, -0.2) is 35.2 Å². The third-order valence-electron chi connectivity index (χ3n) is 2.28. The maximum atomic E-state index is 3.94. The molecule has 12 heavy (non-hydrogen) atoms. The van der Waals surface area contributed by atoms with Crippen molar-refractivity contribution in [1.29, 1.82) is 0 Å². The van der Waals surface area contributed by atoms with Crippen LogP contribution in [0.25, 0.3) is 5.57 Å². The number of hydrogen-bond acceptors (Lipinski definition) is 2. The van der Waals surface area contributed by atoms with Gasteiger partial charge in [-0.3, -0.25) is 5.10 Å². The van der Waals surface area contributed by atoms with E-state index in [1.807, 2.05) is 12.4 Å². The van der Waals surface area contributed by atoms with Crippen molar-refractivity contribution in [2.45, 2.75) is 6.42 Å². The van der Waals surface area contributed by atoms with Gasteiger partial charge in [0.15, 0.2) is 0 Å². The molecule has 0 bridgehead atoms. The van der Waals surface area contributed by atoms with E-state index in [1.165, 1.54) is 11.1 Å². The number of aromatic amines is 1. The fraction of sp³-hybridized carbons (Fsp3) is 0.444. The number of aromatic nitrogens is 2. The Bertz CT molecular complexity index is 274. The molecular weight excluding hydrogens is 150 g/mol. The molecule has 0 spiro atoms. The van der Waals surface area contributed by atoms with E-state index < -0.39 is 0 Å². The quantitative estimate of drug-likeness (QED) is 0.673. The van der Waals surface area contributed by atoms with Gasteiger partial charge in [0, 0.05) is 24.8 Å². The normalized spacial score (nSPS) is 19.2. The van der Waals surface area contributed by atoms with Crippen LogP contribution in [0.2, 0.25) is 0 Å². The fourth-order valence-electron chi connectivity index (χ4n) is 1.46. The predicted molar refractivity (Wildman–Crippen MR) is 48.7 cm³/mol. The molecule has 0 aliphatic carbocycles. The molecule has 1 aliphatic heterocycles. The highest BCUT2D eigenvalue weighted by atomic mass is 15.1. The lowest BCUT2D eigenvalue weighted by molar-refractivity contribution is 0.370. The molecule has 3 heteroatoms. The lowest BCUT2D eigenvalue weighted by Gasteiger charge is -2.21.